The highest BCUT2D eigenvalue weighted by molar-refractivity contribution is 6.31. The minimum Gasteiger partial charge on any atom is -0.392 e. The van der Waals surface area contributed by atoms with Gasteiger partial charge >= 0.3 is 0 Å². The van der Waals surface area contributed by atoms with Crippen LogP contribution in [-0.4, -0.2) is 21.4 Å². The molecule has 0 radical (unpaired) electrons. The standard InChI is InChI=1S/C16H19ClN2O2/c17-13-8-5-4-6-11(13)10-15-18-16(21-19-15)12-7-2-1-3-9-14(12)20/h4-6,8,12,14,20H,1-3,7,9-10H2. The molecule has 0 spiro atoms. The molecule has 1 saturated carbocycles. The van der Waals surface area contributed by atoms with Gasteiger partial charge in [-0.1, -0.05) is 54.2 Å². The Balaban J connectivity index is 1.75. The molecule has 4 nitrogen and oxygen atoms in total. The summed E-state index contributed by atoms with van der Waals surface area (Å²) in [6, 6.07) is 7.65. The van der Waals surface area contributed by atoms with Crippen molar-refractivity contribution in [1.82, 2.24) is 10.1 Å². The van der Waals surface area contributed by atoms with Crippen LogP contribution in [0, 0.1) is 0 Å². The molecule has 2 aromatic rings. The smallest absolute Gasteiger partial charge is 0.232 e. The van der Waals surface area contributed by atoms with Gasteiger partial charge in [-0.15, -0.1) is 0 Å². The summed E-state index contributed by atoms with van der Waals surface area (Å²) in [6.07, 6.45) is 5.23. The minimum absolute atomic E-state index is 0.0278. The molecule has 1 N–H and O–H groups in total. The Morgan fingerprint density at radius 3 is 2.86 bits per heavy atom. The Kier molecular flexibility index (Phi) is 4.56. The van der Waals surface area contributed by atoms with E-state index in [1.165, 1.54) is 0 Å². The number of rotatable bonds is 3. The highest BCUT2D eigenvalue weighted by Gasteiger charge is 2.28. The lowest BCUT2D eigenvalue weighted by Gasteiger charge is -2.15. The Morgan fingerprint density at radius 2 is 2.00 bits per heavy atom. The summed E-state index contributed by atoms with van der Waals surface area (Å²) in [5.41, 5.74) is 0.980. The molecule has 1 aromatic heterocycles. The Bertz CT molecular complexity index is 599. The van der Waals surface area contributed by atoms with Gasteiger partial charge in [-0.3, -0.25) is 0 Å². The molecule has 0 aliphatic heterocycles. The van der Waals surface area contributed by atoms with Crippen LogP contribution >= 0.6 is 11.6 Å². The Morgan fingerprint density at radius 1 is 1.19 bits per heavy atom. The average Bonchev–Trinajstić information content (AvgIpc) is 2.82. The van der Waals surface area contributed by atoms with Gasteiger partial charge in [-0.2, -0.15) is 4.98 Å². The van der Waals surface area contributed by atoms with E-state index in [-0.39, 0.29) is 12.0 Å². The highest BCUT2D eigenvalue weighted by atomic mass is 35.5. The van der Waals surface area contributed by atoms with Crippen LogP contribution in [-0.2, 0) is 6.42 Å². The second-order valence-electron chi connectivity index (χ2n) is 5.63. The van der Waals surface area contributed by atoms with Gasteiger partial charge in [0.2, 0.25) is 5.89 Å². The van der Waals surface area contributed by atoms with Crippen molar-refractivity contribution >= 4 is 11.6 Å². The zero-order valence-corrected chi connectivity index (χ0v) is 12.6. The van der Waals surface area contributed by atoms with Crippen LogP contribution in [0.1, 0.15) is 55.3 Å². The van der Waals surface area contributed by atoms with E-state index < -0.39 is 0 Å². The van der Waals surface area contributed by atoms with Gasteiger partial charge in [0.05, 0.1) is 12.0 Å². The molecule has 1 fully saturated rings. The second kappa shape index (κ2) is 6.58. The van der Waals surface area contributed by atoms with Crippen molar-refractivity contribution in [3.63, 3.8) is 0 Å². The maximum absolute atomic E-state index is 10.2. The predicted molar refractivity (Wildman–Crippen MR) is 80.4 cm³/mol. The topological polar surface area (TPSA) is 59.2 Å². The van der Waals surface area contributed by atoms with E-state index in [0.717, 1.165) is 37.7 Å². The van der Waals surface area contributed by atoms with Crippen LogP contribution < -0.4 is 0 Å². The number of halogens is 1. The van der Waals surface area contributed by atoms with Gasteiger partial charge in [-0.05, 0) is 24.5 Å². The molecule has 3 rings (SSSR count). The number of hydrogen-bond acceptors (Lipinski definition) is 4. The number of nitrogens with zero attached hydrogens (tertiary/aromatic N) is 2. The first kappa shape index (κ1) is 14.5. The third kappa shape index (κ3) is 3.44. The van der Waals surface area contributed by atoms with Gasteiger partial charge in [0.15, 0.2) is 5.82 Å². The molecule has 1 aliphatic carbocycles. The highest BCUT2D eigenvalue weighted by Crippen LogP contribution is 2.31. The first-order chi connectivity index (χ1) is 10.2. The fourth-order valence-electron chi connectivity index (χ4n) is 2.88. The maximum atomic E-state index is 10.2. The van der Waals surface area contributed by atoms with Crippen molar-refractivity contribution in [2.45, 2.75) is 50.5 Å². The molecule has 2 atom stereocenters. The third-order valence-corrected chi connectivity index (χ3v) is 4.46. The molecule has 5 heteroatoms. The van der Waals surface area contributed by atoms with Crippen molar-refractivity contribution in [1.29, 1.82) is 0 Å². The molecule has 0 saturated heterocycles. The zero-order chi connectivity index (χ0) is 14.7. The van der Waals surface area contributed by atoms with Gasteiger partial charge in [0.25, 0.3) is 0 Å². The summed E-state index contributed by atoms with van der Waals surface area (Å²) < 4.78 is 5.38. The molecule has 1 heterocycles. The van der Waals surface area contributed by atoms with Gasteiger partial charge in [0, 0.05) is 11.4 Å². The van der Waals surface area contributed by atoms with Crippen molar-refractivity contribution in [3.8, 4) is 0 Å². The Labute approximate surface area is 129 Å². The molecule has 0 bridgehead atoms. The van der Waals surface area contributed by atoms with E-state index in [1.54, 1.807) is 0 Å². The SMILES string of the molecule is OC1CCCCCC1c1nc(Cc2ccccc2Cl)no1. The Hall–Kier alpha value is -1.39. The van der Waals surface area contributed by atoms with E-state index >= 15 is 0 Å². The van der Waals surface area contributed by atoms with Crippen molar-refractivity contribution in [2.24, 2.45) is 0 Å². The number of aromatic nitrogens is 2. The summed E-state index contributed by atoms with van der Waals surface area (Å²) in [5, 5.41) is 14.9. The van der Waals surface area contributed by atoms with Gasteiger partial charge < -0.3 is 9.63 Å². The lowest BCUT2D eigenvalue weighted by Crippen LogP contribution is -2.17. The normalized spacial score (nSPS) is 23.0. The quantitative estimate of drug-likeness (QED) is 0.878. The van der Waals surface area contributed by atoms with E-state index in [9.17, 15) is 5.11 Å². The number of hydrogen-bond donors (Lipinski definition) is 1. The lowest BCUT2D eigenvalue weighted by molar-refractivity contribution is 0.119. The second-order valence-corrected chi connectivity index (χ2v) is 6.04. The summed E-state index contributed by atoms with van der Waals surface area (Å²) in [5.74, 6) is 1.15. The van der Waals surface area contributed by atoms with E-state index in [0.29, 0.717) is 23.2 Å². The zero-order valence-electron chi connectivity index (χ0n) is 11.8. The molecule has 21 heavy (non-hydrogen) atoms. The van der Waals surface area contributed by atoms with Crippen LogP contribution in [0.3, 0.4) is 0 Å². The molecule has 1 aromatic carbocycles. The van der Waals surface area contributed by atoms with Gasteiger partial charge in [0.1, 0.15) is 0 Å². The number of aliphatic hydroxyl groups is 1. The van der Waals surface area contributed by atoms with Crippen molar-refractivity contribution in [2.75, 3.05) is 0 Å². The van der Waals surface area contributed by atoms with E-state index in [2.05, 4.69) is 10.1 Å². The number of aliphatic hydroxyl groups excluding tert-OH is 1. The first-order valence-electron chi connectivity index (χ1n) is 7.48. The first-order valence-corrected chi connectivity index (χ1v) is 7.86. The predicted octanol–water partition coefficient (Wildman–Crippen LogP) is 3.72. The van der Waals surface area contributed by atoms with Crippen molar-refractivity contribution < 1.29 is 9.63 Å². The monoisotopic (exact) mass is 306 g/mol. The summed E-state index contributed by atoms with van der Waals surface area (Å²) >= 11 is 6.15. The van der Waals surface area contributed by atoms with Crippen LogP contribution in [0.15, 0.2) is 28.8 Å². The summed E-state index contributed by atoms with van der Waals surface area (Å²) in [7, 11) is 0. The van der Waals surface area contributed by atoms with Gasteiger partial charge in [-0.25, -0.2) is 0 Å². The molecule has 2 unspecified atom stereocenters. The fourth-order valence-corrected chi connectivity index (χ4v) is 3.08. The lowest BCUT2D eigenvalue weighted by atomic mass is 9.97. The minimum atomic E-state index is -0.374. The molecule has 1 aliphatic rings. The summed E-state index contributed by atoms with van der Waals surface area (Å²) in [6.45, 7) is 0. The maximum Gasteiger partial charge on any atom is 0.232 e. The fraction of sp³-hybridized carbons (Fsp3) is 0.500. The van der Waals surface area contributed by atoms with Crippen molar-refractivity contribution in [3.05, 3.63) is 46.6 Å². The third-order valence-electron chi connectivity index (χ3n) is 4.09. The van der Waals surface area contributed by atoms with Crippen LogP contribution in [0.4, 0.5) is 0 Å². The number of benzene rings is 1. The van der Waals surface area contributed by atoms with E-state index in [1.807, 2.05) is 24.3 Å². The summed E-state index contributed by atoms with van der Waals surface area (Å²) in [4.78, 5) is 4.47. The van der Waals surface area contributed by atoms with Crippen LogP contribution in [0.2, 0.25) is 5.02 Å². The molecule has 0 amide bonds. The molecular weight excluding hydrogens is 288 g/mol. The molecular formula is C16H19ClN2O2. The molecule has 112 valence electrons. The average molecular weight is 307 g/mol. The van der Waals surface area contributed by atoms with Crippen LogP contribution in [0.25, 0.3) is 0 Å². The van der Waals surface area contributed by atoms with Crippen LogP contribution in [0.5, 0.6) is 0 Å². The van der Waals surface area contributed by atoms with E-state index in [4.69, 9.17) is 16.1 Å². The largest absolute Gasteiger partial charge is 0.392 e.